The molecule has 4 nitrogen and oxygen atoms in total. The lowest BCUT2D eigenvalue weighted by molar-refractivity contribution is -0.131. The number of benzene rings is 2. The molecule has 4 heteroatoms. The Labute approximate surface area is 172 Å². The summed E-state index contributed by atoms with van der Waals surface area (Å²) in [4.78, 5) is 19.9. The van der Waals surface area contributed by atoms with E-state index in [1.165, 1.54) is 5.56 Å². The number of methoxy groups -OCH3 is 1. The van der Waals surface area contributed by atoms with Crippen molar-refractivity contribution in [1.82, 2.24) is 9.88 Å². The molecule has 1 atom stereocenters. The predicted octanol–water partition coefficient (Wildman–Crippen LogP) is 4.97. The van der Waals surface area contributed by atoms with Crippen molar-refractivity contribution in [1.29, 1.82) is 0 Å². The molecule has 4 rings (SSSR count). The quantitative estimate of drug-likeness (QED) is 0.622. The molecule has 1 aliphatic rings. The summed E-state index contributed by atoms with van der Waals surface area (Å²) in [5.41, 5.74) is 5.20. The Morgan fingerprint density at radius 2 is 1.83 bits per heavy atom. The zero-order chi connectivity index (χ0) is 20.2. The van der Waals surface area contributed by atoms with Gasteiger partial charge in [0.15, 0.2) is 0 Å². The van der Waals surface area contributed by atoms with Crippen LogP contribution in [0.15, 0.2) is 66.7 Å². The van der Waals surface area contributed by atoms with E-state index in [0.29, 0.717) is 6.42 Å². The number of pyridine rings is 1. The van der Waals surface area contributed by atoms with Gasteiger partial charge in [-0.1, -0.05) is 48.5 Å². The molecule has 2 heterocycles. The zero-order valence-corrected chi connectivity index (χ0v) is 17.0. The highest BCUT2D eigenvalue weighted by molar-refractivity contribution is 5.80. The molecule has 1 aliphatic heterocycles. The number of ether oxygens (including phenoxy) is 1. The number of carbonyl (C=O) groups is 1. The van der Waals surface area contributed by atoms with Gasteiger partial charge in [-0.05, 0) is 49.1 Å². The lowest BCUT2D eigenvalue weighted by Gasteiger charge is -2.25. The topological polar surface area (TPSA) is 42.4 Å². The summed E-state index contributed by atoms with van der Waals surface area (Å²) in [6, 6.07) is 22.3. The van der Waals surface area contributed by atoms with Crippen LogP contribution < -0.4 is 4.74 Å². The molecule has 1 unspecified atom stereocenters. The summed E-state index contributed by atoms with van der Waals surface area (Å²) < 4.78 is 5.42. The summed E-state index contributed by atoms with van der Waals surface area (Å²) in [7, 11) is 1.64. The molecule has 0 aliphatic carbocycles. The standard InChI is InChI=1S/C25H26N2O2/c1-18-15-21(19-9-4-3-5-10-19)16-22(26-18)23-12-8-14-27(23)25(28)17-20-11-6-7-13-24(20)29-2/h3-7,9-11,13,15-16,23H,8,12,14,17H2,1-2H3. The monoisotopic (exact) mass is 386 g/mol. The van der Waals surface area contributed by atoms with Gasteiger partial charge in [-0.2, -0.15) is 0 Å². The highest BCUT2D eigenvalue weighted by Crippen LogP contribution is 2.34. The molecule has 0 N–H and O–H groups in total. The van der Waals surface area contributed by atoms with Gasteiger partial charge in [0.1, 0.15) is 5.75 Å². The molecule has 0 spiro atoms. The number of hydrogen-bond acceptors (Lipinski definition) is 3. The zero-order valence-electron chi connectivity index (χ0n) is 17.0. The van der Waals surface area contributed by atoms with E-state index in [-0.39, 0.29) is 11.9 Å². The van der Waals surface area contributed by atoms with Crippen LogP contribution in [0.2, 0.25) is 0 Å². The van der Waals surface area contributed by atoms with Gasteiger partial charge in [0.2, 0.25) is 5.91 Å². The van der Waals surface area contributed by atoms with Gasteiger partial charge in [-0.15, -0.1) is 0 Å². The fourth-order valence-electron chi connectivity index (χ4n) is 4.15. The summed E-state index contributed by atoms with van der Waals surface area (Å²) >= 11 is 0. The van der Waals surface area contributed by atoms with Crippen molar-refractivity contribution in [3.8, 4) is 16.9 Å². The Balaban J connectivity index is 1.60. The first-order valence-corrected chi connectivity index (χ1v) is 10.1. The first-order valence-electron chi connectivity index (χ1n) is 10.1. The normalized spacial score (nSPS) is 16.1. The van der Waals surface area contributed by atoms with Crippen molar-refractivity contribution in [2.45, 2.75) is 32.2 Å². The van der Waals surface area contributed by atoms with Gasteiger partial charge in [0, 0.05) is 17.8 Å². The molecule has 29 heavy (non-hydrogen) atoms. The van der Waals surface area contributed by atoms with E-state index in [0.717, 1.165) is 47.7 Å². The van der Waals surface area contributed by atoms with E-state index in [4.69, 9.17) is 9.72 Å². The Morgan fingerprint density at radius 1 is 1.07 bits per heavy atom. The van der Waals surface area contributed by atoms with Crippen LogP contribution in [-0.4, -0.2) is 29.4 Å². The van der Waals surface area contributed by atoms with Crippen LogP contribution in [-0.2, 0) is 11.2 Å². The number of amides is 1. The average molecular weight is 386 g/mol. The Morgan fingerprint density at radius 3 is 2.62 bits per heavy atom. The van der Waals surface area contributed by atoms with Crippen molar-refractivity contribution < 1.29 is 9.53 Å². The second kappa shape index (κ2) is 8.48. The molecule has 0 saturated carbocycles. The second-order valence-electron chi connectivity index (χ2n) is 7.52. The predicted molar refractivity (Wildman–Crippen MR) is 115 cm³/mol. The maximum atomic E-state index is 13.1. The lowest BCUT2D eigenvalue weighted by atomic mass is 10.0. The fraction of sp³-hybridized carbons (Fsp3) is 0.280. The number of para-hydroxylation sites is 1. The highest BCUT2D eigenvalue weighted by Gasteiger charge is 2.31. The van der Waals surface area contributed by atoms with E-state index in [2.05, 4.69) is 24.3 Å². The van der Waals surface area contributed by atoms with Gasteiger partial charge in [0.25, 0.3) is 0 Å². The smallest absolute Gasteiger partial charge is 0.227 e. The fourth-order valence-corrected chi connectivity index (χ4v) is 4.15. The number of hydrogen-bond donors (Lipinski definition) is 0. The number of rotatable bonds is 5. The molecule has 0 radical (unpaired) electrons. The molecule has 2 aromatic carbocycles. The number of likely N-dealkylation sites (tertiary alicyclic amines) is 1. The maximum Gasteiger partial charge on any atom is 0.227 e. The van der Waals surface area contributed by atoms with Gasteiger partial charge in [0.05, 0.1) is 25.3 Å². The first kappa shape index (κ1) is 19.2. The highest BCUT2D eigenvalue weighted by atomic mass is 16.5. The molecule has 0 bridgehead atoms. The third-order valence-electron chi connectivity index (χ3n) is 5.53. The van der Waals surface area contributed by atoms with Crippen LogP contribution in [0.3, 0.4) is 0 Å². The number of aromatic nitrogens is 1. The molecule has 3 aromatic rings. The van der Waals surface area contributed by atoms with Crippen LogP contribution in [0.4, 0.5) is 0 Å². The van der Waals surface area contributed by atoms with Crippen molar-refractivity contribution in [2.24, 2.45) is 0 Å². The lowest BCUT2D eigenvalue weighted by Crippen LogP contribution is -2.32. The van der Waals surface area contributed by atoms with Crippen molar-refractivity contribution in [3.63, 3.8) is 0 Å². The molecule has 1 saturated heterocycles. The van der Waals surface area contributed by atoms with Crippen molar-refractivity contribution in [2.75, 3.05) is 13.7 Å². The molecule has 1 aromatic heterocycles. The van der Waals surface area contributed by atoms with E-state index >= 15 is 0 Å². The minimum atomic E-state index is 0.0274. The Hall–Kier alpha value is -3.14. The third-order valence-corrected chi connectivity index (χ3v) is 5.53. The third kappa shape index (κ3) is 4.16. The molecular weight excluding hydrogens is 360 g/mol. The van der Waals surface area contributed by atoms with Crippen molar-refractivity contribution in [3.05, 3.63) is 83.7 Å². The largest absolute Gasteiger partial charge is 0.496 e. The Bertz CT molecular complexity index is 1000. The first-order chi connectivity index (χ1) is 14.2. The number of aryl methyl sites for hydroxylation is 1. The van der Waals surface area contributed by atoms with E-state index in [1.807, 2.05) is 54.3 Å². The molecule has 1 fully saturated rings. The summed E-state index contributed by atoms with van der Waals surface area (Å²) in [5, 5.41) is 0. The second-order valence-corrected chi connectivity index (χ2v) is 7.52. The minimum Gasteiger partial charge on any atom is -0.496 e. The minimum absolute atomic E-state index is 0.0274. The van der Waals surface area contributed by atoms with Crippen LogP contribution in [0, 0.1) is 6.92 Å². The van der Waals surface area contributed by atoms with Crippen LogP contribution >= 0.6 is 0 Å². The van der Waals surface area contributed by atoms with Crippen LogP contribution in [0.25, 0.3) is 11.1 Å². The van der Waals surface area contributed by atoms with Crippen LogP contribution in [0.5, 0.6) is 5.75 Å². The SMILES string of the molecule is COc1ccccc1CC(=O)N1CCCC1c1cc(-c2ccccc2)cc(C)n1. The van der Waals surface area contributed by atoms with Crippen molar-refractivity contribution >= 4 is 5.91 Å². The molecular formula is C25H26N2O2. The molecule has 148 valence electrons. The van der Waals surface area contributed by atoms with E-state index in [9.17, 15) is 4.79 Å². The van der Waals surface area contributed by atoms with E-state index in [1.54, 1.807) is 7.11 Å². The Kier molecular flexibility index (Phi) is 5.61. The average Bonchev–Trinajstić information content (AvgIpc) is 3.24. The maximum absolute atomic E-state index is 13.1. The summed E-state index contributed by atoms with van der Waals surface area (Å²) in [6.45, 7) is 2.79. The van der Waals surface area contributed by atoms with E-state index < -0.39 is 0 Å². The number of carbonyl (C=O) groups excluding carboxylic acids is 1. The summed E-state index contributed by atoms with van der Waals surface area (Å²) in [6.07, 6.45) is 2.29. The van der Waals surface area contributed by atoms with Gasteiger partial charge in [-0.3, -0.25) is 9.78 Å². The summed E-state index contributed by atoms with van der Waals surface area (Å²) in [5.74, 6) is 0.887. The molecule has 1 amide bonds. The number of nitrogens with zero attached hydrogens (tertiary/aromatic N) is 2. The van der Waals surface area contributed by atoms with Crippen LogP contribution in [0.1, 0.15) is 35.8 Å². The van der Waals surface area contributed by atoms with Gasteiger partial charge < -0.3 is 9.64 Å². The van der Waals surface area contributed by atoms with Gasteiger partial charge >= 0.3 is 0 Å². The van der Waals surface area contributed by atoms with Gasteiger partial charge in [-0.25, -0.2) is 0 Å².